The molecule has 0 radical (unpaired) electrons. The van der Waals surface area contributed by atoms with E-state index in [9.17, 15) is 0 Å². The van der Waals surface area contributed by atoms with Gasteiger partial charge in [0.25, 0.3) is 0 Å². The second kappa shape index (κ2) is 5.63. The Bertz CT molecular complexity index is 326. The summed E-state index contributed by atoms with van der Waals surface area (Å²) in [5.74, 6) is 0. The Morgan fingerprint density at radius 3 is 2.87 bits per heavy atom. The largest absolute Gasteiger partial charge is 0.388 e. The van der Waals surface area contributed by atoms with E-state index in [-0.39, 0.29) is 6.04 Å². The Morgan fingerprint density at radius 1 is 1.67 bits per heavy atom. The van der Waals surface area contributed by atoms with Crippen molar-refractivity contribution in [1.29, 1.82) is 0 Å². The van der Waals surface area contributed by atoms with Crippen LogP contribution in [0.25, 0.3) is 0 Å². The van der Waals surface area contributed by atoms with E-state index in [1.165, 1.54) is 0 Å². The Labute approximate surface area is 94.8 Å². The third kappa shape index (κ3) is 3.81. The molecule has 0 spiro atoms. The van der Waals surface area contributed by atoms with Gasteiger partial charge in [0.15, 0.2) is 0 Å². The molecular formula is C10H15N3OS. The van der Waals surface area contributed by atoms with E-state index < -0.39 is 0 Å². The average Bonchev–Trinajstić information content (AvgIpc) is 2.18. The predicted octanol–water partition coefficient (Wildman–Crippen LogP) is 1.16. The van der Waals surface area contributed by atoms with Crippen molar-refractivity contribution in [3.63, 3.8) is 0 Å². The van der Waals surface area contributed by atoms with Crippen LogP contribution in [0.4, 0.5) is 5.69 Å². The molecular weight excluding hydrogens is 210 g/mol. The summed E-state index contributed by atoms with van der Waals surface area (Å²) >= 11 is 4.81. The number of anilines is 1. The first-order chi connectivity index (χ1) is 7.13. The topological polar surface area (TPSA) is 60.2 Å². The molecule has 1 heterocycles. The molecule has 0 saturated heterocycles. The molecule has 1 rings (SSSR count). The maximum atomic E-state index is 5.44. The number of ether oxygens (including phenoxy) is 1. The van der Waals surface area contributed by atoms with Crippen LogP contribution in [0.5, 0.6) is 0 Å². The van der Waals surface area contributed by atoms with Gasteiger partial charge in [0.2, 0.25) is 0 Å². The maximum absolute atomic E-state index is 5.44. The van der Waals surface area contributed by atoms with Gasteiger partial charge in [-0.05, 0) is 19.1 Å². The van der Waals surface area contributed by atoms with Crippen LogP contribution in [0.2, 0.25) is 0 Å². The highest BCUT2D eigenvalue weighted by Crippen LogP contribution is 2.07. The van der Waals surface area contributed by atoms with Gasteiger partial charge in [0, 0.05) is 13.2 Å². The van der Waals surface area contributed by atoms with Crippen molar-refractivity contribution in [1.82, 2.24) is 4.98 Å². The second-order valence-corrected chi connectivity index (χ2v) is 3.74. The lowest BCUT2D eigenvalue weighted by Gasteiger charge is -2.13. The van der Waals surface area contributed by atoms with Crippen LogP contribution < -0.4 is 11.1 Å². The lowest BCUT2D eigenvalue weighted by atomic mass is 10.3. The first-order valence-corrected chi connectivity index (χ1v) is 5.05. The molecule has 0 saturated carbocycles. The number of rotatable bonds is 5. The van der Waals surface area contributed by atoms with E-state index in [0.29, 0.717) is 17.3 Å². The molecule has 1 aromatic rings. The fourth-order valence-corrected chi connectivity index (χ4v) is 1.32. The molecule has 1 unspecified atom stereocenters. The zero-order chi connectivity index (χ0) is 11.3. The SMILES string of the molecule is COCC(C)Nc1ccc(C(N)=S)nc1. The number of hydrogen-bond acceptors (Lipinski definition) is 4. The van der Waals surface area contributed by atoms with Crippen LogP contribution in [-0.2, 0) is 4.74 Å². The highest BCUT2D eigenvalue weighted by molar-refractivity contribution is 7.80. The van der Waals surface area contributed by atoms with Gasteiger partial charge in [-0.1, -0.05) is 12.2 Å². The molecule has 3 N–H and O–H groups in total. The molecule has 5 heteroatoms. The first-order valence-electron chi connectivity index (χ1n) is 4.65. The molecule has 0 aliphatic heterocycles. The van der Waals surface area contributed by atoms with Crippen LogP contribution in [-0.4, -0.2) is 29.7 Å². The highest BCUT2D eigenvalue weighted by atomic mass is 32.1. The van der Waals surface area contributed by atoms with E-state index in [1.54, 1.807) is 19.4 Å². The van der Waals surface area contributed by atoms with Crippen LogP contribution in [0.15, 0.2) is 18.3 Å². The first kappa shape index (κ1) is 11.9. The van der Waals surface area contributed by atoms with Gasteiger partial charge in [-0.3, -0.25) is 4.98 Å². The van der Waals surface area contributed by atoms with Crippen molar-refractivity contribution in [3.8, 4) is 0 Å². The van der Waals surface area contributed by atoms with Gasteiger partial charge in [-0.2, -0.15) is 0 Å². The summed E-state index contributed by atoms with van der Waals surface area (Å²) in [6, 6.07) is 3.94. The molecule has 0 aromatic carbocycles. The van der Waals surface area contributed by atoms with E-state index in [2.05, 4.69) is 10.3 Å². The fraction of sp³-hybridized carbons (Fsp3) is 0.400. The predicted molar refractivity (Wildman–Crippen MR) is 65.1 cm³/mol. The zero-order valence-corrected chi connectivity index (χ0v) is 9.67. The zero-order valence-electron chi connectivity index (χ0n) is 8.86. The van der Waals surface area contributed by atoms with Crippen molar-refractivity contribution >= 4 is 22.9 Å². The van der Waals surface area contributed by atoms with Gasteiger partial charge in [0.1, 0.15) is 4.99 Å². The van der Waals surface area contributed by atoms with Crippen LogP contribution in [0.3, 0.4) is 0 Å². The smallest absolute Gasteiger partial charge is 0.122 e. The maximum Gasteiger partial charge on any atom is 0.122 e. The molecule has 1 atom stereocenters. The van der Waals surface area contributed by atoms with Gasteiger partial charge in [-0.15, -0.1) is 0 Å². The van der Waals surface area contributed by atoms with Crippen molar-refractivity contribution < 1.29 is 4.74 Å². The third-order valence-electron chi connectivity index (χ3n) is 1.85. The van der Waals surface area contributed by atoms with Crippen molar-refractivity contribution in [2.24, 2.45) is 5.73 Å². The second-order valence-electron chi connectivity index (χ2n) is 3.30. The molecule has 0 amide bonds. The normalized spacial score (nSPS) is 12.1. The molecule has 0 aliphatic rings. The molecule has 82 valence electrons. The minimum Gasteiger partial charge on any atom is -0.388 e. The van der Waals surface area contributed by atoms with Gasteiger partial charge >= 0.3 is 0 Å². The Balaban J connectivity index is 2.60. The number of pyridine rings is 1. The summed E-state index contributed by atoms with van der Waals surface area (Å²) in [4.78, 5) is 4.43. The molecule has 0 bridgehead atoms. The van der Waals surface area contributed by atoms with Crippen molar-refractivity contribution in [3.05, 3.63) is 24.0 Å². The average molecular weight is 225 g/mol. The van der Waals surface area contributed by atoms with E-state index in [1.807, 2.05) is 13.0 Å². The molecule has 0 fully saturated rings. The number of hydrogen-bond donors (Lipinski definition) is 2. The molecule has 15 heavy (non-hydrogen) atoms. The van der Waals surface area contributed by atoms with Gasteiger partial charge < -0.3 is 15.8 Å². The number of thiocarbonyl (C=S) groups is 1. The summed E-state index contributed by atoms with van der Waals surface area (Å²) in [6.45, 7) is 2.68. The van der Waals surface area contributed by atoms with E-state index in [0.717, 1.165) is 5.69 Å². The van der Waals surface area contributed by atoms with Crippen molar-refractivity contribution in [2.45, 2.75) is 13.0 Å². The Morgan fingerprint density at radius 2 is 2.40 bits per heavy atom. The van der Waals surface area contributed by atoms with Crippen LogP contribution >= 0.6 is 12.2 Å². The number of aromatic nitrogens is 1. The Hall–Kier alpha value is -1.20. The summed E-state index contributed by atoms with van der Waals surface area (Å²) in [5, 5.41) is 3.24. The fourth-order valence-electron chi connectivity index (χ4n) is 1.20. The number of nitrogens with two attached hydrogens (primary N) is 1. The number of nitrogens with one attached hydrogen (secondary N) is 1. The Kier molecular flexibility index (Phi) is 4.45. The van der Waals surface area contributed by atoms with Gasteiger partial charge in [-0.25, -0.2) is 0 Å². The van der Waals surface area contributed by atoms with Crippen molar-refractivity contribution in [2.75, 3.05) is 19.0 Å². The quantitative estimate of drug-likeness (QED) is 0.736. The lowest BCUT2D eigenvalue weighted by Crippen LogP contribution is -2.21. The van der Waals surface area contributed by atoms with E-state index >= 15 is 0 Å². The summed E-state index contributed by atoms with van der Waals surface area (Å²) in [6.07, 6.45) is 1.71. The van der Waals surface area contributed by atoms with E-state index in [4.69, 9.17) is 22.7 Å². The summed E-state index contributed by atoms with van der Waals surface area (Å²) in [7, 11) is 1.67. The highest BCUT2D eigenvalue weighted by Gasteiger charge is 2.02. The minimum atomic E-state index is 0.243. The summed E-state index contributed by atoms with van der Waals surface area (Å²) < 4.78 is 5.01. The van der Waals surface area contributed by atoms with Gasteiger partial charge in [0.05, 0.1) is 24.2 Å². The molecule has 1 aromatic heterocycles. The van der Waals surface area contributed by atoms with Crippen LogP contribution in [0.1, 0.15) is 12.6 Å². The standard InChI is InChI=1S/C10H15N3OS/c1-7(6-14-2)13-8-3-4-9(10(11)15)12-5-8/h3-5,7,13H,6H2,1-2H3,(H2,11,15). The number of methoxy groups -OCH3 is 1. The third-order valence-corrected chi connectivity index (χ3v) is 2.05. The molecule has 4 nitrogen and oxygen atoms in total. The molecule has 0 aliphatic carbocycles. The minimum absolute atomic E-state index is 0.243. The summed E-state index contributed by atoms with van der Waals surface area (Å²) in [5.41, 5.74) is 7.01. The number of nitrogens with zero attached hydrogens (tertiary/aromatic N) is 1. The lowest BCUT2D eigenvalue weighted by molar-refractivity contribution is 0.190. The monoisotopic (exact) mass is 225 g/mol. The van der Waals surface area contributed by atoms with Crippen LogP contribution in [0, 0.1) is 0 Å².